The highest BCUT2D eigenvalue weighted by atomic mass is 32.1. The Kier molecular flexibility index (Phi) is 4.86. The maximum Gasteiger partial charge on any atom is 0.258 e. The number of hydrogen-bond acceptors (Lipinski definition) is 6. The number of aromatic amines is 1. The van der Waals surface area contributed by atoms with E-state index in [1.165, 1.54) is 11.3 Å². The zero-order valence-electron chi connectivity index (χ0n) is 11.8. The monoisotopic (exact) mass is 294 g/mol. The molecular formula is C13H18N4O2S. The average Bonchev–Trinajstić information content (AvgIpc) is 2.87. The number of anilines is 1. The van der Waals surface area contributed by atoms with Crippen LogP contribution < -0.4 is 10.9 Å². The molecule has 0 bridgehead atoms. The van der Waals surface area contributed by atoms with Crippen LogP contribution in [0.5, 0.6) is 0 Å². The lowest BCUT2D eigenvalue weighted by Crippen LogP contribution is -2.11. The van der Waals surface area contributed by atoms with Gasteiger partial charge in [-0.3, -0.25) is 4.79 Å². The molecule has 2 aromatic heterocycles. The maximum absolute atomic E-state index is 12.1. The number of hydrogen-bond donors (Lipinski definition) is 2. The summed E-state index contributed by atoms with van der Waals surface area (Å²) in [6, 6.07) is 3.72. The molecule has 0 radical (unpaired) electrons. The smallest absolute Gasteiger partial charge is 0.258 e. The van der Waals surface area contributed by atoms with Crippen molar-refractivity contribution in [2.45, 2.75) is 19.8 Å². The minimum atomic E-state index is -0.129. The number of ether oxygens (including phenoxy) is 1. The molecule has 0 aliphatic rings. The van der Waals surface area contributed by atoms with E-state index in [2.05, 4.69) is 20.5 Å². The summed E-state index contributed by atoms with van der Waals surface area (Å²) in [5.41, 5.74) is 1.34. The zero-order chi connectivity index (χ0) is 14.5. The van der Waals surface area contributed by atoms with Gasteiger partial charge >= 0.3 is 0 Å². The summed E-state index contributed by atoms with van der Waals surface area (Å²) in [5.74, 6) is 0.289. The van der Waals surface area contributed by atoms with Crippen molar-refractivity contribution in [3.8, 4) is 10.6 Å². The van der Waals surface area contributed by atoms with Crippen molar-refractivity contribution in [3.63, 3.8) is 0 Å². The first-order chi connectivity index (χ1) is 9.61. The Balaban J connectivity index is 2.18. The van der Waals surface area contributed by atoms with Gasteiger partial charge < -0.3 is 15.0 Å². The fraction of sp³-hybridized carbons (Fsp3) is 0.462. The average molecular weight is 294 g/mol. The van der Waals surface area contributed by atoms with E-state index in [1.807, 2.05) is 19.9 Å². The van der Waals surface area contributed by atoms with E-state index in [1.54, 1.807) is 13.2 Å². The van der Waals surface area contributed by atoms with Crippen LogP contribution >= 0.6 is 11.3 Å². The minimum absolute atomic E-state index is 0.129. The lowest BCUT2D eigenvalue weighted by Gasteiger charge is -2.04. The number of aromatic nitrogens is 3. The van der Waals surface area contributed by atoms with Gasteiger partial charge in [-0.15, -0.1) is 10.2 Å². The molecule has 2 aromatic rings. The quantitative estimate of drug-likeness (QED) is 0.797. The SMILES string of the molecule is COCCNc1nnc(-c2ccc(C(C)C)[nH]c2=O)s1. The molecule has 2 heterocycles. The van der Waals surface area contributed by atoms with Gasteiger partial charge in [0.05, 0.1) is 12.2 Å². The Morgan fingerprint density at radius 1 is 1.40 bits per heavy atom. The van der Waals surface area contributed by atoms with Crippen molar-refractivity contribution in [2.24, 2.45) is 0 Å². The van der Waals surface area contributed by atoms with E-state index in [4.69, 9.17) is 4.74 Å². The van der Waals surface area contributed by atoms with Crippen LogP contribution in [0.4, 0.5) is 5.13 Å². The summed E-state index contributed by atoms with van der Waals surface area (Å²) >= 11 is 1.36. The van der Waals surface area contributed by atoms with Crippen molar-refractivity contribution >= 4 is 16.5 Å². The molecule has 0 aliphatic heterocycles. The first-order valence-electron chi connectivity index (χ1n) is 6.41. The van der Waals surface area contributed by atoms with E-state index in [0.29, 0.717) is 28.9 Å². The second-order valence-electron chi connectivity index (χ2n) is 4.64. The lowest BCUT2D eigenvalue weighted by molar-refractivity contribution is 0.211. The van der Waals surface area contributed by atoms with Gasteiger partial charge in [0.15, 0.2) is 5.01 Å². The van der Waals surface area contributed by atoms with Gasteiger partial charge in [0.2, 0.25) is 5.13 Å². The van der Waals surface area contributed by atoms with E-state index < -0.39 is 0 Å². The highest BCUT2D eigenvalue weighted by Gasteiger charge is 2.11. The Morgan fingerprint density at radius 3 is 2.85 bits per heavy atom. The van der Waals surface area contributed by atoms with E-state index in [0.717, 1.165) is 5.69 Å². The third-order valence-corrected chi connectivity index (χ3v) is 3.71. The highest BCUT2D eigenvalue weighted by molar-refractivity contribution is 7.18. The van der Waals surface area contributed by atoms with Gasteiger partial charge in [-0.2, -0.15) is 0 Å². The van der Waals surface area contributed by atoms with Crippen LogP contribution in [-0.2, 0) is 4.74 Å². The fourth-order valence-electron chi connectivity index (χ4n) is 1.66. The first kappa shape index (κ1) is 14.7. The lowest BCUT2D eigenvalue weighted by atomic mass is 10.1. The summed E-state index contributed by atoms with van der Waals surface area (Å²) in [4.78, 5) is 14.9. The van der Waals surface area contributed by atoms with Gasteiger partial charge in [0, 0.05) is 19.3 Å². The standard InChI is InChI=1S/C13H18N4O2S/c1-8(2)10-5-4-9(11(18)15-10)12-16-17-13(20-12)14-6-7-19-3/h4-5,8H,6-7H2,1-3H3,(H,14,17)(H,15,18). The zero-order valence-corrected chi connectivity index (χ0v) is 12.6. The Morgan fingerprint density at radius 2 is 2.20 bits per heavy atom. The van der Waals surface area contributed by atoms with Crippen molar-refractivity contribution in [1.82, 2.24) is 15.2 Å². The van der Waals surface area contributed by atoms with Gasteiger partial charge in [0.25, 0.3) is 5.56 Å². The number of nitrogens with zero attached hydrogens (tertiary/aromatic N) is 2. The molecule has 0 spiro atoms. The normalized spacial score (nSPS) is 11.0. The van der Waals surface area contributed by atoms with Gasteiger partial charge in [-0.1, -0.05) is 25.2 Å². The van der Waals surface area contributed by atoms with E-state index >= 15 is 0 Å². The molecule has 0 fully saturated rings. The summed E-state index contributed by atoms with van der Waals surface area (Å²) in [5, 5.41) is 12.4. The molecule has 0 aliphatic carbocycles. The van der Waals surface area contributed by atoms with Crippen molar-refractivity contribution < 1.29 is 4.74 Å². The van der Waals surface area contributed by atoms with Crippen molar-refractivity contribution in [2.75, 3.05) is 25.6 Å². The largest absolute Gasteiger partial charge is 0.383 e. The third kappa shape index (κ3) is 3.43. The first-order valence-corrected chi connectivity index (χ1v) is 7.23. The van der Waals surface area contributed by atoms with E-state index in [-0.39, 0.29) is 11.5 Å². The van der Waals surface area contributed by atoms with Crippen molar-refractivity contribution in [3.05, 3.63) is 28.2 Å². The molecule has 6 nitrogen and oxygen atoms in total. The molecule has 108 valence electrons. The number of rotatable bonds is 6. The van der Waals surface area contributed by atoms with Crippen LogP contribution in [0.25, 0.3) is 10.6 Å². The van der Waals surface area contributed by atoms with Gasteiger partial charge in [0.1, 0.15) is 0 Å². The number of H-pyrrole nitrogens is 1. The maximum atomic E-state index is 12.1. The molecule has 0 unspecified atom stereocenters. The highest BCUT2D eigenvalue weighted by Crippen LogP contribution is 2.24. The minimum Gasteiger partial charge on any atom is -0.383 e. The Labute approximate surface area is 121 Å². The molecular weight excluding hydrogens is 276 g/mol. The fourth-order valence-corrected chi connectivity index (χ4v) is 2.45. The molecule has 0 atom stereocenters. The molecule has 0 aromatic carbocycles. The molecule has 0 saturated carbocycles. The molecule has 2 N–H and O–H groups in total. The molecule has 20 heavy (non-hydrogen) atoms. The molecule has 0 amide bonds. The van der Waals surface area contributed by atoms with Crippen LogP contribution in [0.2, 0.25) is 0 Å². The topological polar surface area (TPSA) is 79.9 Å². The summed E-state index contributed by atoms with van der Waals surface area (Å²) < 4.78 is 4.95. The van der Waals surface area contributed by atoms with E-state index in [9.17, 15) is 4.79 Å². The van der Waals surface area contributed by atoms with Crippen LogP contribution in [0.15, 0.2) is 16.9 Å². The Hall–Kier alpha value is -1.73. The number of nitrogens with one attached hydrogen (secondary N) is 2. The second kappa shape index (κ2) is 6.62. The van der Waals surface area contributed by atoms with Crippen LogP contribution in [0.1, 0.15) is 25.5 Å². The molecule has 7 heteroatoms. The summed E-state index contributed by atoms with van der Waals surface area (Å²) in [6.45, 7) is 5.33. The Bertz CT molecular complexity index is 621. The van der Waals surface area contributed by atoms with Gasteiger partial charge in [-0.25, -0.2) is 0 Å². The number of pyridine rings is 1. The third-order valence-electron chi connectivity index (χ3n) is 2.79. The molecule has 0 saturated heterocycles. The van der Waals surface area contributed by atoms with Crippen molar-refractivity contribution in [1.29, 1.82) is 0 Å². The molecule has 2 rings (SSSR count). The summed E-state index contributed by atoms with van der Waals surface area (Å²) in [7, 11) is 1.64. The second-order valence-corrected chi connectivity index (χ2v) is 5.62. The van der Waals surface area contributed by atoms with Crippen LogP contribution in [-0.4, -0.2) is 35.4 Å². The summed E-state index contributed by atoms with van der Waals surface area (Å²) in [6.07, 6.45) is 0. The predicted molar refractivity (Wildman–Crippen MR) is 80.4 cm³/mol. The van der Waals surface area contributed by atoms with Crippen LogP contribution in [0, 0.1) is 0 Å². The number of methoxy groups -OCH3 is 1. The van der Waals surface area contributed by atoms with Crippen LogP contribution in [0.3, 0.4) is 0 Å². The predicted octanol–water partition coefficient (Wildman–Crippen LogP) is 2.08. The van der Waals surface area contributed by atoms with Gasteiger partial charge in [-0.05, 0) is 18.1 Å².